The van der Waals surface area contributed by atoms with Gasteiger partial charge in [0.25, 0.3) is 11.5 Å². The van der Waals surface area contributed by atoms with Crippen LogP contribution in [0.1, 0.15) is 51.9 Å². The maximum Gasteiger partial charge on any atom is 0.417 e. The summed E-state index contributed by atoms with van der Waals surface area (Å²) in [6.45, 7) is 6.37. The van der Waals surface area contributed by atoms with Gasteiger partial charge in [0.15, 0.2) is 0 Å². The van der Waals surface area contributed by atoms with Crippen molar-refractivity contribution in [2.75, 3.05) is 18.0 Å². The van der Waals surface area contributed by atoms with Crippen LogP contribution in [-0.4, -0.2) is 70.4 Å². The second-order valence-electron chi connectivity index (χ2n) is 11.1. The number of hydrogen-bond donors (Lipinski definition) is 1. The first-order chi connectivity index (χ1) is 20.8. The minimum absolute atomic E-state index is 0.0806. The Morgan fingerprint density at radius 3 is 2.48 bits per heavy atom. The molecule has 2 atom stereocenters. The normalized spacial score (nSPS) is 18.5. The molecule has 3 aromatic heterocycles. The fraction of sp³-hybridized carbons (Fsp3) is 0.379. The van der Waals surface area contributed by atoms with Crippen LogP contribution in [0, 0.1) is 13.8 Å². The van der Waals surface area contributed by atoms with Crippen LogP contribution < -0.4 is 10.5 Å². The molecule has 15 heteroatoms. The van der Waals surface area contributed by atoms with Crippen LogP contribution in [0.4, 0.5) is 18.9 Å². The van der Waals surface area contributed by atoms with Crippen LogP contribution in [0.5, 0.6) is 0 Å². The third-order valence-electron chi connectivity index (χ3n) is 7.93. The molecule has 4 aromatic rings. The third-order valence-corrected chi connectivity index (χ3v) is 8.62. The van der Waals surface area contributed by atoms with Crippen molar-refractivity contribution in [3.05, 3.63) is 85.3 Å². The van der Waals surface area contributed by atoms with E-state index in [1.165, 1.54) is 26.3 Å². The van der Waals surface area contributed by atoms with Gasteiger partial charge in [0, 0.05) is 40.4 Å². The predicted molar refractivity (Wildman–Crippen MR) is 157 cm³/mol. The number of aliphatic hydroxyl groups excluding tert-OH is 1. The van der Waals surface area contributed by atoms with Gasteiger partial charge in [-0.25, -0.2) is 24.2 Å². The minimum Gasteiger partial charge on any atom is -0.391 e. The van der Waals surface area contributed by atoms with Gasteiger partial charge in [0.2, 0.25) is 11.9 Å². The Balaban J connectivity index is 1.42. The molecule has 0 spiro atoms. The lowest BCUT2D eigenvalue weighted by atomic mass is 9.98. The predicted octanol–water partition coefficient (Wildman–Crippen LogP) is 3.76. The number of anilines is 1. The van der Waals surface area contributed by atoms with Crippen LogP contribution in [-0.2, 0) is 19.1 Å². The van der Waals surface area contributed by atoms with E-state index in [2.05, 4.69) is 31.0 Å². The molecule has 0 unspecified atom stereocenters. The van der Waals surface area contributed by atoms with Crippen molar-refractivity contribution in [2.45, 2.75) is 58.5 Å². The first-order valence-electron chi connectivity index (χ1n) is 13.9. The van der Waals surface area contributed by atoms with E-state index in [4.69, 9.17) is 4.98 Å². The van der Waals surface area contributed by atoms with E-state index in [9.17, 15) is 27.9 Å². The van der Waals surface area contributed by atoms with Gasteiger partial charge in [-0.15, -0.1) is 0 Å². The molecule has 11 nitrogen and oxygen atoms in total. The van der Waals surface area contributed by atoms with Crippen molar-refractivity contribution in [3.63, 3.8) is 0 Å². The summed E-state index contributed by atoms with van der Waals surface area (Å²) < 4.78 is 43.3. The van der Waals surface area contributed by atoms with Crippen molar-refractivity contribution >= 4 is 27.5 Å². The molecule has 1 amide bonds. The number of carbonyl (C=O) groups is 1. The molecule has 0 radical (unpaired) electrons. The number of benzene rings is 1. The summed E-state index contributed by atoms with van der Waals surface area (Å²) in [7, 11) is 0. The van der Waals surface area contributed by atoms with Gasteiger partial charge in [-0.1, -0.05) is 15.9 Å². The van der Waals surface area contributed by atoms with Gasteiger partial charge in [-0.2, -0.15) is 18.3 Å². The molecule has 0 bridgehead atoms. The van der Waals surface area contributed by atoms with Gasteiger partial charge in [-0.3, -0.25) is 9.59 Å². The smallest absolute Gasteiger partial charge is 0.391 e. The number of amides is 1. The number of carbonyl (C=O) groups excluding carboxylic acids is 1. The van der Waals surface area contributed by atoms with E-state index in [1.54, 1.807) is 26.2 Å². The third kappa shape index (κ3) is 5.38. The molecule has 1 saturated heterocycles. The maximum absolute atomic E-state index is 14.1. The Morgan fingerprint density at radius 1 is 1.14 bits per heavy atom. The summed E-state index contributed by atoms with van der Waals surface area (Å²) in [6.07, 6.45) is -1.13. The van der Waals surface area contributed by atoms with Crippen molar-refractivity contribution in [2.24, 2.45) is 0 Å². The molecule has 2 aliphatic heterocycles. The zero-order valence-corrected chi connectivity index (χ0v) is 25.6. The van der Waals surface area contributed by atoms with Crippen LogP contribution in [0.2, 0.25) is 0 Å². The Hall–Kier alpha value is -4.11. The van der Waals surface area contributed by atoms with E-state index in [0.29, 0.717) is 47.8 Å². The van der Waals surface area contributed by atoms with Crippen molar-refractivity contribution in [1.29, 1.82) is 0 Å². The fourth-order valence-electron chi connectivity index (χ4n) is 5.68. The van der Waals surface area contributed by atoms with Gasteiger partial charge >= 0.3 is 6.18 Å². The van der Waals surface area contributed by atoms with E-state index >= 15 is 0 Å². The van der Waals surface area contributed by atoms with Crippen LogP contribution >= 0.6 is 15.9 Å². The van der Waals surface area contributed by atoms with Crippen LogP contribution in [0.15, 0.2) is 45.9 Å². The highest BCUT2D eigenvalue weighted by Crippen LogP contribution is 2.36. The Labute approximate surface area is 258 Å². The minimum atomic E-state index is -4.65. The molecule has 230 valence electrons. The summed E-state index contributed by atoms with van der Waals surface area (Å²) in [6, 6.07) is 4.67. The molecule has 1 fully saturated rings. The number of rotatable bonds is 4. The maximum atomic E-state index is 14.1. The first-order valence-corrected chi connectivity index (χ1v) is 14.7. The van der Waals surface area contributed by atoms with E-state index in [1.807, 2.05) is 17.9 Å². The lowest BCUT2D eigenvalue weighted by Gasteiger charge is -2.34. The molecule has 1 N–H and O–H groups in total. The Morgan fingerprint density at radius 2 is 1.86 bits per heavy atom. The molecule has 6 rings (SSSR count). The van der Waals surface area contributed by atoms with E-state index < -0.39 is 35.4 Å². The molecule has 1 aromatic carbocycles. The summed E-state index contributed by atoms with van der Waals surface area (Å²) >= 11 is 2.92. The highest BCUT2D eigenvalue weighted by atomic mass is 79.9. The largest absolute Gasteiger partial charge is 0.417 e. The van der Waals surface area contributed by atoms with E-state index in [0.717, 1.165) is 6.07 Å². The number of alkyl halides is 3. The number of aliphatic hydroxyl groups is 1. The average Bonchev–Trinajstić information content (AvgIpc) is 3.56. The van der Waals surface area contributed by atoms with Crippen molar-refractivity contribution in [3.8, 4) is 11.9 Å². The van der Waals surface area contributed by atoms with E-state index in [-0.39, 0.29) is 34.9 Å². The summed E-state index contributed by atoms with van der Waals surface area (Å²) in [5, 5.41) is 14.4. The number of aryl methyl sites for hydroxylation is 2. The highest BCUT2D eigenvalue weighted by molar-refractivity contribution is 9.10. The molecule has 2 aliphatic rings. The van der Waals surface area contributed by atoms with Gasteiger partial charge in [0.05, 0.1) is 47.7 Å². The molecule has 0 saturated carbocycles. The van der Waals surface area contributed by atoms with Gasteiger partial charge in [0.1, 0.15) is 0 Å². The van der Waals surface area contributed by atoms with Crippen molar-refractivity contribution in [1.82, 2.24) is 34.2 Å². The number of β-amino-alcohol motifs (C(OH)–C–C–N with tert-alkyl or cyclic N) is 1. The fourth-order valence-corrected chi connectivity index (χ4v) is 6.15. The van der Waals surface area contributed by atoms with Crippen LogP contribution in [0.3, 0.4) is 0 Å². The standard InChI is InChI=1S/C29H28BrF3N8O3/c1-15-8-17(3)41(37-15)28-36-24-14-39(25(43)18-4-5-23(30)22(10-18)29(31,32)33)16(2)9-21(24)26(44)40(28)27-34-11-19(12-35-27)38-7-6-20(42)13-38/h4-5,8,10-12,16,20,42H,6-7,9,13-14H2,1-3H3/t16-,20+/m1/s1. The Bertz CT molecular complexity index is 1820. The SMILES string of the molecule is Cc1cc(C)n(-c2nc3c(c(=O)n2-c2ncc(N4CC[C@H](O)C4)cn2)C[C@@H](C)N(C(=O)c2ccc(Br)c(C(F)(F)F)c2)C3)n1. The molecular formula is C29H28BrF3N8O3. The summed E-state index contributed by atoms with van der Waals surface area (Å²) in [5.74, 6) is -0.406. The number of aromatic nitrogens is 6. The second-order valence-corrected chi connectivity index (χ2v) is 12.0. The number of fused-ring (bicyclic) bond motifs is 1. The quantitative estimate of drug-likeness (QED) is 0.348. The summed E-state index contributed by atoms with van der Waals surface area (Å²) in [5.41, 5.74) is 1.26. The first kappa shape index (κ1) is 29.9. The zero-order chi connectivity index (χ0) is 31.5. The monoisotopic (exact) mass is 672 g/mol. The lowest BCUT2D eigenvalue weighted by Crippen LogP contribution is -2.46. The molecule has 5 heterocycles. The summed E-state index contributed by atoms with van der Waals surface area (Å²) in [4.78, 5) is 44.8. The highest BCUT2D eigenvalue weighted by Gasteiger charge is 2.36. The van der Waals surface area contributed by atoms with Gasteiger partial charge < -0.3 is 14.9 Å². The Kier molecular flexibility index (Phi) is 7.56. The number of halogens is 4. The van der Waals surface area contributed by atoms with Gasteiger partial charge in [-0.05, 0) is 57.9 Å². The molecular weight excluding hydrogens is 645 g/mol. The van der Waals surface area contributed by atoms with Crippen LogP contribution in [0.25, 0.3) is 11.9 Å². The second kappa shape index (κ2) is 11.1. The molecule has 44 heavy (non-hydrogen) atoms. The molecule has 0 aliphatic carbocycles. The zero-order valence-electron chi connectivity index (χ0n) is 24.0. The number of hydrogen-bond acceptors (Lipinski definition) is 8. The average molecular weight is 673 g/mol. The topological polar surface area (TPSA) is 122 Å². The lowest BCUT2D eigenvalue weighted by molar-refractivity contribution is -0.138. The van der Waals surface area contributed by atoms with Crippen molar-refractivity contribution < 1.29 is 23.1 Å². The number of nitrogens with zero attached hydrogens (tertiary/aromatic N) is 8.